The van der Waals surface area contributed by atoms with Gasteiger partial charge in [0.05, 0.1) is 13.1 Å². The van der Waals surface area contributed by atoms with Gasteiger partial charge in [0.25, 0.3) is 5.82 Å². The molecule has 0 aliphatic heterocycles. The van der Waals surface area contributed by atoms with Gasteiger partial charge in [0.2, 0.25) is 0 Å². The van der Waals surface area contributed by atoms with E-state index in [-0.39, 0.29) is 0 Å². The van der Waals surface area contributed by atoms with Crippen LogP contribution >= 0.6 is 0 Å². The molecule has 0 aliphatic rings. The van der Waals surface area contributed by atoms with Crippen LogP contribution in [0, 0.1) is 0 Å². The van der Waals surface area contributed by atoms with Crippen LogP contribution in [0.1, 0.15) is 206 Å². The van der Waals surface area contributed by atoms with Crippen LogP contribution in [0.2, 0.25) is 0 Å². The Hall–Kier alpha value is -0.790. The summed E-state index contributed by atoms with van der Waals surface area (Å²) < 4.78 is 5.23. The molecule has 230 valence electrons. The van der Waals surface area contributed by atoms with E-state index >= 15 is 0 Å². The second-order valence-electron chi connectivity index (χ2n) is 12.7. The molecule has 0 aromatic carbocycles. The Morgan fingerprint density at radius 3 is 1.23 bits per heavy atom. The molecule has 0 unspecified atom stereocenters. The molecule has 0 saturated heterocycles. The molecule has 0 amide bonds. The monoisotopic (exact) mass is 546 g/mol. The Bertz CT molecular complexity index is 605. The minimum atomic E-state index is 1.23. The van der Waals surface area contributed by atoms with Crippen LogP contribution < -0.4 is 4.57 Å². The van der Waals surface area contributed by atoms with E-state index in [4.69, 9.17) is 0 Å². The Morgan fingerprint density at radius 2 is 0.795 bits per heavy atom. The maximum Gasteiger partial charge on any atom is 0.256 e. The van der Waals surface area contributed by atoms with Crippen LogP contribution in [-0.2, 0) is 19.5 Å². The molecule has 0 saturated carbocycles. The van der Waals surface area contributed by atoms with E-state index < -0.39 is 0 Å². The molecule has 0 N–H and O–H groups in total. The van der Waals surface area contributed by atoms with Crippen LogP contribution in [0.3, 0.4) is 0 Å². The van der Waals surface area contributed by atoms with Crippen molar-refractivity contribution in [3.05, 3.63) is 18.2 Å². The lowest BCUT2D eigenvalue weighted by atomic mass is 10.0. The summed E-state index contributed by atoms with van der Waals surface area (Å²) in [7, 11) is 0. The molecule has 1 aromatic heterocycles. The molecular formula is C37H73N2+. The number of aryl methyl sites for hydroxylation is 2. The third-order valence-electron chi connectivity index (χ3n) is 8.85. The van der Waals surface area contributed by atoms with E-state index in [0.29, 0.717) is 0 Å². The van der Waals surface area contributed by atoms with Gasteiger partial charge in [0, 0.05) is 6.42 Å². The first-order valence-electron chi connectivity index (χ1n) is 18.4. The summed E-state index contributed by atoms with van der Waals surface area (Å²) in [6.07, 6.45) is 45.9. The van der Waals surface area contributed by atoms with E-state index in [2.05, 4.69) is 42.3 Å². The molecule has 2 heteroatoms. The number of imidazole rings is 1. The summed E-state index contributed by atoms with van der Waals surface area (Å²) in [5, 5.41) is 0. The molecule has 0 fully saturated rings. The molecule has 39 heavy (non-hydrogen) atoms. The minimum absolute atomic E-state index is 1.23. The summed E-state index contributed by atoms with van der Waals surface area (Å²) in [6, 6.07) is 0. The summed E-state index contributed by atoms with van der Waals surface area (Å²) >= 11 is 0. The molecule has 1 heterocycles. The molecule has 2 nitrogen and oxygen atoms in total. The van der Waals surface area contributed by atoms with Crippen molar-refractivity contribution >= 4 is 0 Å². The summed E-state index contributed by atoms with van der Waals surface area (Å²) in [5.41, 5.74) is 0. The normalized spacial score (nSPS) is 11.6. The maximum atomic E-state index is 2.61. The third-order valence-corrected chi connectivity index (χ3v) is 8.85. The van der Waals surface area contributed by atoms with Crippen LogP contribution in [0.15, 0.2) is 12.4 Å². The van der Waals surface area contributed by atoms with E-state index in [1.54, 1.807) is 5.82 Å². The quantitative estimate of drug-likeness (QED) is 0.0648. The van der Waals surface area contributed by atoms with E-state index in [9.17, 15) is 0 Å². The number of unbranched alkanes of at least 4 members (excludes halogenated alkanes) is 25. The van der Waals surface area contributed by atoms with Gasteiger partial charge in [0.15, 0.2) is 0 Å². The van der Waals surface area contributed by atoms with Gasteiger partial charge in [-0.25, -0.2) is 9.13 Å². The predicted octanol–water partition coefficient (Wildman–Crippen LogP) is 12.3. The number of rotatable bonds is 31. The fraction of sp³-hybridized carbons (Fsp3) is 0.919. The van der Waals surface area contributed by atoms with Gasteiger partial charge in [-0.2, -0.15) is 0 Å². The molecule has 0 radical (unpaired) electrons. The van der Waals surface area contributed by atoms with Gasteiger partial charge >= 0.3 is 0 Å². The number of hydrogen-bond acceptors (Lipinski definition) is 0. The van der Waals surface area contributed by atoms with Gasteiger partial charge in [-0.05, 0) is 32.1 Å². The lowest BCUT2D eigenvalue weighted by Gasteiger charge is -2.07. The van der Waals surface area contributed by atoms with Crippen LogP contribution in [0.5, 0.6) is 0 Å². The maximum absolute atomic E-state index is 2.61. The van der Waals surface area contributed by atoms with E-state index in [1.807, 2.05) is 0 Å². The highest BCUT2D eigenvalue weighted by Gasteiger charge is 2.16. The fourth-order valence-electron chi connectivity index (χ4n) is 6.15. The molecule has 1 aromatic rings. The fourth-order valence-corrected chi connectivity index (χ4v) is 6.15. The Labute approximate surface area is 247 Å². The number of nitrogens with zero attached hydrogens (tertiary/aromatic N) is 2. The second-order valence-corrected chi connectivity index (χ2v) is 12.7. The van der Waals surface area contributed by atoms with Gasteiger partial charge in [0.1, 0.15) is 12.4 Å². The SMILES string of the molecule is CCCCCCCCCCCCCCCn1cc[n+](CCCCCCCCCCCCC)c1CCCCCC. The highest BCUT2D eigenvalue weighted by atomic mass is 15.1. The molecular weight excluding hydrogens is 472 g/mol. The number of hydrogen-bond donors (Lipinski definition) is 0. The predicted molar refractivity (Wildman–Crippen MR) is 175 cm³/mol. The highest BCUT2D eigenvalue weighted by Crippen LogP contribution is 2.14. The minimum Gasteiger partial charge on any atom is -0.234 e. The smallest absolute Gasteiger partial charge is 0.234 e. The standard InChI is InChI=1S/C37H73N2/c1-4-7-10-13-15-17-19-20-22-24-26-28-31-34-39-36-35-38(37(39)32-29-12-9-6-3)33-30-27-25-23-21-18-16-14-11-8-5-2/h35-36H,4-34H2,1-3H3/q+1. The first-order valence-corrected chi connectivity index (χ1v) is 18.4. The van der Waals surface area contributed by atoms with Crippen molar-refractivity contribution in [1.82, 2.24) is 4.57 Å². The average molecular weight is 546 g/mol. The zero-order valence-corrected chi connectivity index (χ0v) is 27.5. The molecule has 0 spiro atoms. The summed E-state index contributed by atoms with van der Waals surface area (Å²) in [6.45, 7) is 9.40. The van der Waals surface area contributed by atoms with Crippen molar-refractivity contribution in [2.24, 2.45) is 0 Å². The van der Waals surface area contributed by atoms with Gasteiger partial charge < -0.3 is 0 Å². The van der Waals surface area contributed by atoms with Crippen LogP contribution in [0.25, 0.3) is 0 Å². The van der Waals surface area contributed by atoms with E-state index in [1.165, 1.54) is 199 Å². The van der Waals surface area contributed by atoms with Crippen LogP contribution in [-0.4, -0.2) is 4.57 Å². The summed E-state index contributed by atoms with van der Waals surface area (Å²) in [5.74, 6) is 1.61. The molecule has 0 aliphatic carbocycles. The molecule has 0 bridgehead atoms. The van der Waals surface area contributed by atoms with Crippen molar-refractivity contribution in [2.75, 3.05) is 0 Å². The van der Waals surface area contributed by atoms with Crippen molar-refractivity contribution < 1.29 is 4.57 Å². The van der Waals surface area contributed by atoms with Gasteiger partial charge in [-0.3, -0.25) is 0 Å². The molecule has 0 atom stereocenters. The van der Waals surface area contributed by atoms with Gasteiger partial charge in [-0.1, -0.05) is 168 Å². The second kappa shape index (κ2) is 28.7. The van der Waals surface area contributed by atoms with E-state index in [0.717, 1.165) is 0 Å². The Morgan fingerprint density at radius 1 is 0.436 bits per heavy atom. The Balaban J connectivity index is 2.19. The van der Waals surface area contributed by atoms with Crippen LogP contribution in [0.4, 0.5) is 0 Å². The zero-order chi connectivity index (χ0) is 28.1. The lowest BCUT2D eigenvalue weighted by Crippen LogP contribution is -2.37. The van der Waals surface area contributed by atoms with Crippen molar-refractivity contribution in [1.29, 1.82) is 0 Å². The zero-order valence-electron chi connectivity index (χ0n) is 27.5. The topological polar surface area (TPSA) is 8.81 Å². The first kappa shape index (κ1) is 36.2. The first-order chi connectivity index (χ1) is 19.3. The van der Waals surface area contributed by atoms with Crippen molar-refractivity contribution in [3.63, 3.8) is 0 Å². The van der Waals surface area contributed by atoms with Gasteiger partial charge in [-0.15, -0.1) is 0 Å². The third kappa shape index (κ3) is 21.6. The Kier molecular flexibility index (Phi) is 26.7. The average Bonchev–Trinajstić information content (AvgIpc) is 3.33. The molecule has 1 rings (SSSR count). The highest BCUT2D eigenvalue weighted by molar-refractivity contribution is 4.84. The largest absolute Gasteiger partial charge is 0.256 e. The number of aromatic nitrogens is 2. The lowest BCUT2D eigenvalue weighted by molar-refractivity contribution is -0.704. The summed E-state index contributed by atoms with van der Waals surface area (Å²) in [4.78, 5) is 0. The van der Waals surface area contributed by atoms with Crippen molar-refractivity contribution in [3.8, 4) is 0 Å². The van der Waals surface area contributed by atoms with Crippen molar-refractivity contribution in [2.45, 2.75) is 220 Å².